The fraction of sp³-hybridized carbons (Fsp3) is 0.667. The number of hydrogen-bond donors (Lipinski definition) is 1. The van der Waals surface area contributed by atoms with Gasteiger partial charge in [-0.15, -0.1) is 5.10 Å². The number of nitriles is 1. The topological polar surface area (TPSA) is 70.8 Å². The first-order valence-corrected chi connectivity index (χ1v) is 7.44. The average molecular weight is 274 g/mol. The van der Waals surface area contributed by atoms with E-state index < -0.39 is 0 Å². The molecule has 1 unspecified atom stereocenters. The maximum absolute atomic E-state index is 9.37. The van der Waals surface area contributed by atoms with Crippen molar-refractivity contribution < 1.29 is 4.74 Å². The van der Waals surface area contributed by atoms with Crippen LogP contribution in [0.25, 0.3) is 0 Å². The van der Waals surface area contributed by atoms with Crippen molar-refractivity contribution in [3.05, 3.63) is 16.8 Å². The molecule has 2 heterocycles. The maximum Gasteiger partial charge on any atom is 0.251 e. The smallest absolute Gasteiger partial charge is 0.251 e. The van der Waals surface area contributed by atoms with Crippen LogP contribution in [0.4, 0.5) is 0 Å². The van der Waals surface area contributed by atoms with Crippen LogP contribution >= 0.6 is 0 Å². The highest BCUT2D eigenvalue weighted by atomic mass is 16.5. The lowest BCUT2D eigenvalue weighted by Gasteiger charge is -2.23. The van der Waals surface area contributed by atoms with Gasteiger partial charge >= 0.3 is 0 Å². The molecule has 108 valence electrons. The summed E-state index contributed by atoms with van der Waals surface area (Å²) in [4.78, 5) is 0. The fourth-order valence-corrected chi connectivity index (χ4v) is 2.62. The summed E-state index contributed by atoms with van der Waals surface area (Å²) in [6.45, 7) is 5.65. The second kappa shape index (κ2) is 7.20. The van der Waals surface area contributed by atoms with Gasteiger partial charge in [0.15, 0.2) is 0 Å². The first-order chi connectivity index (χ1) is 9.80. The average Bonchev–Trinajstić information content (AvgIpc) is 2.52. The van der Waals surface area contributed by atoms with E-state index in [1.54, 1.807) is 0 Å². The van der Waals surface area contributed by atoms with Crippen LogP contribution in [0.2, 0.25) is 0 Å². The minimum absolute atomic E-state index is 0.355. The monoisotopic (exact) mass is 274 g/mol. The Balaban J connectivity index is 2.12. The summed E-state index contributed by atoms with van der Waals surface area (Å²) in [6, 6.07) is 2.58. The van der Waals surface area contributed by atoms with E-state index >= 15 is 0 Å². The number of nitrogens with one attached hydrogen (secondary N) is 1. The van der Waals surface area contributed by atoms with Crippen LogP contribution < -0.4 is 10.1 Å². The molecule has 5 heteroatoms. The van der Waals surface area contributed by atoms with Crippen molar-refractivity contribution in [1.82, 2.24) is 15.5 Å². The molecule has 1 aliphatic heterocycles. The Morgan fingerprint density at radius 2 is 2.15 bits per heavy atom. The van der Waals surface area contributed by atoms with Gasteiger partial charge in [0.2, 0.25) is 0 Å². The normalized spacial score (nSPS) is 18.6. The Kier molecular flexibility index (Phi) is 5.31. The van der Waals surface area contributed by atoms with Crippen LogP contribution in [0, 0.1) is 11.3 Å². The number of nitrogens with zero attached hydrogens (tertiary/aromatic N) is 3. The van der Waals surface area contributed by atoms with Crippen LogP contribution in [-0.4, -0.2) is 29.4 Å². The largest absolute Gasteiger partial charge is 0.474 e. The fourth-order valence-electron chi connectivity index (χ4n) is 2.62. The highest BCUT2D eigenvalue weighted by Crippen LogP contribution is 2.22. The van der Waals surface area contributed by atoms with Gasteiger partial charge in [0.05, 0.1) is 5.69 Å². The summed E-state index contributed by atoms with van der Waals surface area (Å²) in [5.74, 6) is 0.383. The Labute approximate surface area is 120 Å². The van der Waals surface area contributed by atoms with Gasteiger partial charge in [0.25, 0.3) is 5.88 Å². The molecule has 0 amide bonds. The van der Waals surface area contributed by atoms with Gasteiger partial charge in [-0.05, 0) is 37.8 Å². The van der Waals surface area contributed by atoms with Crippen molar-refractivity contribution in [2.24, 2.45) is 0 Å². The predicted molar refractivity (Wildman–Crippen MR) is 76.6 cm³/mol. The van der Waals surface area contributed by atoms with Crippen LogP contribution in [0.3, 0.4) is 0 Å². The highest BCUT2D eigenvalue weighted by Gasteiger charge is 2.18. The summed E-state index contributed by atoms with van der Waals surface area (Å²) < 4.78 is 5.75. The van der Waals surface area contributed by atoms with Crippen molar-refractivity contribution in [2.75, 3.05) is 13.2 Å². The van der Waals surface area contributed by atoms with Gasteiger partial charge in [0, 0.05) is 6.04 Å². The molecule has 0 spiro atoms. The minimum atomic E-state index is 0.355. The van der Waals surface area contributed by atoms with Crippen molar-refractivity contribution in [1.29, 1.82) is 5.26 Å². The molecule has 1 aromatic heterocycles. The molecule has 1 N–H and O–H groups in total. The molecule has 0 saturated carbocycles. The lowest BCUT2D eigenvalue weighted by Crippen LogP contribution is -2.38. The van der Waals surface area contributed by atoms with Gasteiger partial charge in [-0.2, -0.15) is 10.4 Å². The van der Waals surface area contributed by atoms with Gasteiger partial charge in [-0.25, -0.2) is 0 Å². The number of aromatic nitrogens is 2. The Bertz CT molecular complexity index is 489. The molecule has 1 aliphatic rings. The van der Waals surface area contributed by atoms with Gasteiger partial charge in [0.1, 0.15) is 18.2 Å². The molecule has 5 nitrogen and oxygen atoms in total. The zero-order valence-corrected chi connectivity index (χ0v) is 12.3. The second-order valence-electron chi connectivity index (χ2n) is 5.08. The van der Waals surface area contributed by atoms with Crippen LogP contribution in [0.5, 0.6) is 5.88 Å². The van der Waals surface area contributed by atoms with Crippen LogP contribution in [0.15, 0.2) is 0 Å². The molecular weight excluding hydrogens is 252 g/mol. The summed E-state index contributed by atoms with van der Waals surface area (Å²) in [7, 11) is 0. The molecule has 0 aromatic carbocycles. The molecule has 2 rings (SSSR count). The maximum atomic E-state index is 9.37. The molecule has 1 atom stereocenters. The van der Waals surface area contributed by atoms with Crippen LogP contribution in [0.1, 0.15) is 49.9 Å². The third-order valence-corrected chi connectivity index (χ3v) is 3.76. The Morgan fingerprint density at radius 1 is 1.30 bits per heavy atom. The second-order valence-corrected chi connectivity index (χ2v) is 5.08. The van der Waals surface area contributed by atoms with E-state index in [0.717, 1.165) is 37.1 Å². The quantitative estimate of drug-likeness (QED) is 0.889. The lowest BCUT2D eigenvalue weighted by molar-refractivity contribution is 0.229. The Morgan fingerprint density at radius 3 is 2.75 bits per heavy atom. The SMILES string of the molecule is CCc1nnc(OCC2CCCCN2)c(C#N)c1CC. The summed E-state index contributed by atoms with van der Waals surface area (Å²) in [5.41, 5.74) is 2.42. The van der Waals surface area contributed by atoms with Gasteiger partial charge in [-0.1, -0.05) is 20.3 Å². The number of ether oxygens (including phenoxy) is 1. The van der Waals surface area contributed by atoms with Gasteiger partial charge < -0.3 is 10.1 Å². The van der Waals surface area contributed by atoms with Crippen molar-refractivity contribution in [3.63, 3.8) is 0 Å². The van der Waals surface area contributed by atoms with E-state index in [9.17, 15) is 5.26 Å². The lowest BCUT2D eigenvalue weighted by atomic mass is 10.0. The zero-order valence-electron chi connectivity index (χ0n) is 12.3. The van der Waals surface area contributed by atoms with E-state index in [1.165, 1.54) is 12.8 Å². The highest BCUT2D eigenvalue weighted by molar-refractivity contribution is 5.46. The molecular formula is C15H22N4O. The predicted octanol–water partition coefficient (Wildman–Crippen LogP) is 1.99. The minimum Gasteiger partial charge on any atom is -0.474 e. The first kappa shape index (κ1) is 14.7. The van der Waals surface area contributed by atoms with E-state index in [2.05, 4.69) is 21.6 Å². The third-order valence-electron chi connectivity index (χ3n) is 3.76. The molecule has 0 aliphatic carbocycles. The van der Waals surface area contributed by atoms with E-state index in [0.29, 0.717) is 24.1 Å². The van der Waals surface area contributed by atoms with E-state index in [-0.39, 0.29) is 0 Å². The van der Waals surface area contributed by atoms with Gasteiger partial charge in [-0.3, -0.25) is 0 Å². The van der Waals surface area contributed by atoms with Crippen LogP contribution in [-0.2, 0) is 12.8 Å². The molecule has 20 heavy (non-hydrogen) atoms. The molecule has 1 saturated heterocycles. The number of piperidine rings is 1. The summed E-state index contributed by atoms with van der Waals surface area (Å²) >= 11 is 0. The third kappa shape index (κ3) is 3.26. The number of hydrogen-bond acceptors (Lipinski definition) is 5. The van der Waals surface area contributed by atoms with Crippen molar-refractivity contribution in [3.8, 4) is 11.9 Å². The van der Waals surface area contributed by atoms with Crippen molar-refractivity contribution >= 4 is 0 Å². The van der Waals surface area contributed by atoms with E-state index in [4.69, 9.17) is 4.74 Å². The first-order valence-electron chi connectivity index (χ1n) is 7.44. The van der Waals surface area contributed by atoms with Crippen molar-refractivity contribution in [2.45, 2.75) is 52.0 Å². The number of rotatable bonds is 5. The molecule has 0 radical (unpaired) electrons. The number of aryl methyl sites for hydroxylation is 1. The molecule has 1 aromatic rings. The standard InChI is InChI=1S/C15H22N4O/c1-3-12-13(9-16)15(19-18-14(12)4-2)20-10-11-7-5-6-8-17-11/h11,17H,3-8,10H2,1-2H3. The summed E-state index contributed by atoms with van der Waals surface area (Å²) in [5, 5.41) is 21.1. The molecule has 1 fully saturated rings. The molecule has 0 bridgehead atoms. The summed E-state index contributed by atoms with van der Waals surface area (Å²) in [6.07, 6.45) is 5.13. The Hall–Kier alpha value is -1.67. The zero-order chi connectivity index (χ0) is 14.4. The van der Waals surface area contributed by atoms with E-state index in [1.807, 2.05) is 13.8 Å².